The van der Waals surface area contributed by atoms with Gasteiger partial charge in [-0.1, -0.05) is 96.4 Å². The maximum atomic E-state index is 12.9. The van der Waals surface area contributed by atoms with E-state index in [9.17, 15) is 30.0 Å². The fourth-order valence-corrected chi connectivity index (χ4v) is 11.3. The minimum Gasteiger partial charge on any atom is -0.872 e. The molecule has 4 N–H and O–H groups in total. The van der Waals surface area contributed by atoms with Crippen LogP contribution in [-0.2, 0) is 20.5 Å². The number of hydrogen-bond acceptors (Lipinski definition) is 6. The molecule has 0 bridgehead atoms. The zero-order valence-electron chi connectivity index (χ0n) is 48.8. The lowest BCUT2D eigenvalue weighted by atomic mass is 9.90. The van der Waals surface area contributed by atoms with E-state index >= 15 is 0 Å². The van der Waals surface area contributed by atoms with Crippen LogP contribution in [-0.4, -0.2) is 45.4 Å². The van der Waals surface area contributed by atoms with E-state index in [1.165, 1.54) is 90.6 Å². The molecule has 12 rings (SSSR count). The molecule has 0 spiro atoms. The van der Waals surface area contributed by atoms with Crippen molar-refractivity contribution in [1.29, 1.82) is 0 Å². The second-order valence-corrected chi connectivity index (χ2v) is 21.0. The summed E-state index contributed by atoms with van der Waals surface area (Å²) in [7, 11) is 8.14. The van der Waals surface area contributed by atoms with Gasteiger partial charge in [-0.2, -0.15) is 9.13 Å². The van der Waals surface area contributed by atoms with Gasteiger partial charge in [0.1, 0.15) is 14.1 Å². The Bertz CT molecular complexity index is 4290. The SMILES string of the molecule is CNc1ccc2c(ccc(/C=C/c3cc(C)n(-c4ccccc4)c3C)[n+]2C)c1.CNc1ccc2c(ccc(/C=C/c3cc(C)n(-c4ccccc4)c3C)[n+]2C)c1.O=C(O)c1cc2ccccc2c(Cc2c([O-])c(C(=O)O)cc3ccccc23)c1[O-]. The van der Waals surface area contributed by atoms with Gasteiger partial charge in [-0.3, -0.25) is 0 Å². The molecule has 4 aromatic heterocycles. The molecule has 85 heavy (non-hydrogen) atoms. The van der Waals surface area contributed by atoms with Gasteiger partial charge in [-0.25, -0.2) is 9.59 Å². The first-order valence-electron chi connectivity index (χ1n) is 28.0. The van der Waals surface area contributed by atoms with Crippen LogP contribution in [0.4, 0.5) is 11.4 Å². The van der Waals surface area contributed by atoms with Gasteiger partial charge in [0.15, 0.2) is 0 Å². The summed E-state index contributed by atoms with van der Waals surface area (Å²) < 4.78 is 9.09. The smallest absolute Gasteiger partial charge is 0.335 e. The van der Waals surface area contributed by atoms with Gasteiger partial charge in [-0.05, 0) is 175 Å². The van der Waals surface area contributed by atoms with E-state index in [-0.39, 0.29) is 28.7 Å². The van der Waals surface area contributed by atoms with E-state index in [4.69, 9.17) is 0 Å². The number of aromatic carboxylic acids is 2. The zero-order valence-corrected chi connectivity index (χ0v) is 48.8. The Labute approximate surface area is 494 Å². The summed E-state index contributed by atoms with van der Waals surface area (Å²) >= 11 is 0. The lowest BCUT2D eigenvalue weighted by molar-refractivity contribution is -0.646. The molecule has 0 aliphatic heterocycles. The van der Waals surface area contributed by atoms with Gasteiger partial charge in [-0.15, -0.1) is 0 Å². The van der Waals surface area contributed by atoms with Crippen molar-refractivity contribution in [1.82, 2.24) is 9.13 Å². The van der Waals surface area contributed by atoms with E-state index < -0.39 is 23.4 Å². The molecule has 0 fully saturated rings. The van der Waals surface area contributed by atoms with Crippen LogP contribution in [0.15, 0.2) is 194 Å². The van der Waals surface area contributed by atoms with Gasteiger partial charge >= 0.3 is 11.9 Å². The molecule has 0 atom stereocenters. The Hall–Kier alpha value is -10.7. The predicted molar refractivity (Wildman–Crippen MR) is 341 cm³/mol. The molecule has 0 aliphatic rings. The molecule has 0 unspecified atom stereocenters. The number of para-hydroxylation sites is 2. The first kappa shape index (κ1) is 57.5. The molecule has 0 saturated carbocycles. The Morgan fingerprint density at radius 2 is 0.835 bits per heavy atom. The molecular weight excluding hydrogens is 1060 g/mol. The monoisotopic (exact) mass is 1120 g/mol. The van der Waals surface area contributed by atoms with E-state index in [0.29, 0.717) is 21.5 Å². The summed E-state index contributed by atoms with van der Waals surface area (Å²) in [5, 5.41) is 55.7. The number of carboxylic acids is 2. The Kier molecular flexibility index (Phi) is 16.8. The number of rotatable bonds is 12. The minimum atomic E-state index is -1.35. The van der Waals surface area contributed by atoms with Gasteiger partial charge in [0.05, 0.1) is 11.1 Å². The fourth-order valence-electron chi connectivity index (χ4n) is 11.3. The van der Waals surface area contributed by atoms with Crippen molar-refractivity contribution in [2.75, 3.05) is 24.7 Å². The van der Waals surface area contributed by atoms with Crippen molar-refractivity contribution < 1.29 is 39.1 Å². The maximum Gasteiger partial charge on any atom is 0.335 e. The molecule has 424 valence electrons. The van der Waals surface area contributed by atoms with Crippen LogP contribution in [0.25, 0.3) is 79.0 Å². The third-order valence-electron chi connectivity index (χ3n) is 15.9. The van der Waals surface area contributed by atoms with Crippen LogP contribution in [0, 0.1) is 27.7 Å². The summed E-state index contributed by atoms with van der Waals surface area (Å²) in [6.07, 6.45) is 8.65. The molecule has 0 aliphatic carbocycles. The van der Waals surface area contributed by atoms with Crippen LogP contribution in [0.1, 0.15) is 77.1 Å². The lowest BCUT2D eigenvalue weighted by Crippen LogP contribution is -2.32. The predicted octanol–water partition coefficient (Wildman–Crippen LogP) is 13.7. The third kappa shape index (κ3) is 11.8. The quantitative estimate of drug-likeness (QED) is 0.0879. The van der Waals surface area contributed by atoms with Crippen molar-refractivity contribution in [3.63, 3.8) is 0 Å². The van der Waals surface area contributed by atoms with E-state index in [1.807, 2.05) is 14.1 Å². The highest BCUT2D eigenvalue weighted by Crippen LogP contribution is 2.37. The van der Waals surface area contributed by atoms with E-state index in [1.54, 1.807) is 48.5 Å². The number of aromatic nitrogens is 4. The molecule has 12 nitrogen and oxygen atoms in total. The van der Waals surface area contributed by atoms with Crippen molar-refractivity contribution in [3.05, 3.63) is 262 Å². The Balaban J connectivity index is 0.000000142. The minimum absolute atomic E-state index is 0.158. The number of benzene rings is 8. The van der Waals surface area contributed by atoms with Crippen molar-refractivity contribution in [3.8, 4) is 22.9 Å². The zero-order chi connectivity index (χ0) is 60.1. The number of carboxylic acid groups (broad SMARTS) is 2. The second kappa shape index (κ2) is 24.8. The summed E-state index contributed by atoms with van der Waals surface area (Å²) in [6, 6.07) is 63.4. The molecular formula is C73H66N6O6. The molecule has 12 aromatic rings. The topological polar surface area (TPSA) is 162 Å². The number of fused-ring (bicyclic) bond motifs is 4. The first-order chi connectivity index (χ1) is 41.0. The molecule has 4 heterocycles. The van der Waals surface area contributed by atoms with E-state index in [0.717, 1.165) is 11.4 Å². The summed E-state index contributed by atoms with van der Waals surface area (Å²) in [5.41, 5.74) is 16.5. The largest absolute Gasteiger partial charge is 0.872 e. The number of pyridine rings is 2. The summed E-state index contributed by atoms with van der Waals surface area (Å²) in [5.74, 6) is -4.07. The molecule has 0 radical (unpaired) electrons. The Morgan fingerprint density at radius 3 is 1.21 bits per heavy atom. The number of anilines is 2. The lowest BCUT2D eigenvalue weighted by Gasteiger charge is -2.24. The highest BCUT2D eigenvalue weighted by molar-refractivity contribution is 6.02. The second-order valence-electron chi connectivity index (χ2n) is 21.0. The number of nitrogens with one attached hydrogen (secondary N) is 2. The van der Waals surface area contributed by atoms with Gasteiger partial charge in [0, 0.05) is 107 Å². The van der Waals surface area contributed by atoms with Crippen LogP contribution in [0.2, 0.25) is 0 Å². The highest BCUT2D eigenvalue weighted by atomic mass is 16.4. The summed E-state index contributed by atoms with van der Waals surface area (Å²) in [4.78, 5) is 23.1. The normalized spacial score (nSPS) is 11.3. The van der Waals surface area contributed by atoms with Crippen LogP contribution >= 0.6 is 0 Å². The van der Waals surface area contributed by atoms with E-state index in [2.05, 4.69) is 228 Å². The number of carbonyl (C=O) groups is 2. The Morgan fingerprint density at radius 1 is 0.459 bits per heavy atom. The first-order valence-corrected chi connectivity index (χ1v) is 28.0. The fraction of sp³-hybridized carbons (Fsp3) is 0.123. The van der Waals surface area contributed by atoms with Gasteiger partial charge < -0.3 is 40.2 Å². The highest BCUT2D eigenvalue weighted by Gasteiger charge is 2.18. The van der Waals surface area contributed by atoms with Gasteiger partial charge in [0.25, 0.3) is 0 Å². The van der Waals surface area contributed by atoms with Crippen LogP contribution in [0.5, 0.6) is 11.5 Å². The maximum absolute atomic E-state index is 12.9. The number of aryl methyl sites for hydroxylation is 4. The molecule has 0 saturated heterocycles. The van der Waals surface area contributed by atoms with Gasteiger partial charge in [0.2, 0.25) is 22.4 Å². The number of nitrogens with zero attached hydrogens (tertiary/aromatic N) is 4. The van der Waals surface area contributed by atoms with Crippen LogP contribution < -0.4 is 30.0 Å². The molecule has 12 heteroatoms. The molecule has 0 amide bonds. The average molecular weight is 1120 g/mol. The van der Waals surface area contributed by atoms with Crippen molar-refractivity contribution in [2.45, 2.75) is 34.1 Å². The summed E-state index contributed by atoms with van der Waals surface area (Å²) in [6.45, 7) is 8.68. The molecule has 8 aromatic carbocycles. The standard InChI is InChI=1S/2C25H26N3.C23H16O6/c2*1-18-16-20(19(2)28(18)24-8-6-5-7-9-24)10-13-23-14-11-21-17-22(26-3)12-15-25(21)27(23)4;24-20-16(14-7-3-1-5-12(14)9-18(20)22(26)27)11-17-15-8-4-2-6-13(15)10-19(21(17)25)23(28)29/h2*5-17,26H,1-4H3;1-10,24-25H,11H2,(H,26,27)(H,28,29)/q2*+1;/p-2. The number of hydrogen-bond donors (Lipinski definition) is 4. The van der Waals surface area contributed by atoms with Crippen molar-refractivity contribution >= 4 is 91.0 Å². The van der Waals surface area contributed by atoms with Crippen molar-refractivity contribution in [2.24, 2.45) is 14.1 Å². The van der Waals surface area contributed by atoms with Crippen LogP contribution in [0.3, 0.4) is 0 Å². The average Bonchev–Trinajstić information content (AvgIpc) is 2.36. The third-order valence-corrected chi connectivity index (χ3v) is 15.9.